The largest absolute Gasteiger partial charge is 0.497 e. The van der Waals surface area contributed by atoms with E-state index < -0.39 is 0 Å². The third kappa shape index (κ3) is 5.25. The summed E-state index contributed by atoms with van der Waals surface area (Å²) in [5.41, 5.74) is 2.77. The highest BCUT2D eigenvalue weighted by Crippen LogP contribution is 2.24. The van der Waals surface area contributed by atoms with E-state index in [0.717, 1.165) is 32.6 Å². The van der Waals surface area contributed by atoms with Gasteiger partial charge in [-0.1, -0.05) is 59.8 Å². The molecule has 0 radical (unpaired) electrons. The maximum absolute atomic E-state index is 6.05. The predicted molar refractivity (Wildman–Crippen MR) is 112 cm³/mol. The number of rotatable bonds is 6. The SMILES string of the molecule is COc1cccc(C(C=CSc2cccc(Cl)c2)=Nc2ccccc2)c1. The molecule has 3 aromatic carbocycles. The standard InChI is InChI=1S/C22H18ClNOS/c1-25-20-11-5-7-17(15-20)22(24-19-9-3-2-4-10-19)13-14-26-21-12-6-8-18(23)16-21/h2-16H,1H3. The molecule has 4 heteroatoms. The summed E-state index contributed by atoms with van der Waals surface area (Å²) < 4.78 is 5.34. The summed E-state index contributed by atoms with van der Waals surface area (Å²) in [6.45, 7) is 0. The highest BCUT2D eigenvalue weighted by molar-refractivity contribution is 8.02. The Balaban J connectivity index is 1.90. The van der Waals surface area contributed by atoms with Crippen LogP contribution in [0.3, 0.4) is 0 Å². The molecule has 0 saturated heterocycles. The Labute approximate surface area is 163 Å². The molecule has 3 aromatic rings. The van der Waals surface area contributed by atoms with E-state index in [1.807, 2.05) is 90.3 Å². The zero-order valence-electron chi connectivity index (χ0n) is 14.3. The zero-order valence-corrected chi connectivity index (χ0v) is 15.9. The van der Waals surface area contributed by atoms with Gasteiger partial charge in [-0.2, -0.15) is 0 Å². The van der Waals surface area contributed by atoms with Crippen molar-refractivity contribution in [1.82, 2.24) is 0 Å². The molecule has 0 amide bonds. The molecule has 0 N–H and O–H groups in total. The maximum Gasteiger partial charge on any atom is 0.119 e. The first-order chi connectivity index (χ1) is 12.7. The fraction of sp³-hybridized carbons (Fsp3) is 0.0455. The molecule has 0 heterocycles. The van der Waals surface area contributed by atoms with Crippen LogP contribution in [0.25, 0.3) is 0 Å². The van der Waals surface area contributed by atoms with Crippen LogP contribution in [0.5, 0.6) is 5.75 Å². The van der Waals surface area contributed by atoms with E-state index in [2.05, 4.69) is 0 Å². The van der Waals surface area contributed by atoms with Crippen molar-refractivity contribution in [3.05, 3.63) is 101 Å². The van der Waals surface area contributed by atoms with Crippen LogP contribution in [0.2, 0.25) is 5.02 Å². The summed E-state index contributed by atoms with van der Waals surface area (Å²) in [5.74, 6) is 0.805. The van der Waals surface area contributed by atoms with Gasteiger partial charge >= 0.3 is 0 Å². The average Bonchev–Trinajstić information content (AvgIpc) is 2.68. The van der Waals surface area contributed by atoms with Gasteiger partial charge in [0.15, 0.2) is 0 Å². The third-order valence-corrected chi connectivity index (χ3v) is 4.63. The minimum atomic E-state index is 0.731. The van der Waals surface area contributed by atoms with Crippen molar-refractivity contribution >= 4 is 34.8 Å². The van der Waals surface area contributed by atoms with Crippen LogP contribution in [0.1, 0.15) is 5.56 Å². The summed E-state index contributed by atoms with van der Waals surface area (Å²) in [6.07, 6.45) is 2.01. The van der Waals surface area contributed by atoms with Crippen LogP contribution in [0, 0.1) is 0 Å². The van der Waals surface area contributed by atoms with Gasteiger partial charge in [0.25, 0.3) is 0 Å². The van der Waals surface area contributed by atoms with E-state index in [9.17, 15) is 0 Å². The Hall–Kier alpha value is -2.49. The van der Waals surface area contributed by atoms with Gasteiger partial charge in [0.1, 0.15) is 5.75 Å². The van der Waals surface area contributed by atoms with Gasteiger partial charge in [-0.05, 0) is 53.9 Å². The number of para-hydroxylation sites is 1. The minimum absolute atomic E-state index is 0.731. The maximum atomic E-state index is 6.05. The van der Waals surface area contributed by atoms with Crippen LogP contribution < -0.4 is 4.74 Å². The number of allylic oxidation sites excluding steroid dienone is 1. The Bertz CT molecular complexity index is 922. The molecule has 130 valence electrons. The fourth-order valence-corrected chi connectivity index (χ4v) is 3.30. The van der Waals surface area contributed by atoms with Gasteiger partial charge < -0.3 is 4.74 Å². The third-order valence-electron chi connectivity index (χ3n) is 3.60. The normalized spacial score (nSPS) is 11.7. The Morgan fingerprint density at radius 2 is 1.77 bits per heavy atom. The molecule has 0 spiro atoms. The number of aliphatic imine (C=N–C) groups is 1. The lowest BCUT2D eigenvalue weighted by atomic mass is 10.1. The van der Waals surface area contributed by atoms with Crippen LogP contribution in [0.4, 0.5) is 5.69 Å². The first-order valence-electron chi connectivity index (χ1n) is 8.11. The predicted octanol–water partition coefficient (Wildman–Crippen LogP) is 6.78. The number of hydrogen-bond acceptors (Lipinski definition) is 3. The summed E-state index contributed by atoms with van der Waals surface area (Å²) in [7, 11) is 1.66. The van der Waals surface area contributed by atoms with E-state index >= 15 is 0 Å². The molecule has 0 aliphatic rings. The molecule has 26 heavy (non-hydrogen) atoms. The zero-order chi connectivity index (χ0) is 18.2. The second-order valence-electron chi connectivity index (χ2n) is 5.44. The molecule has 0 saturated carbocycles. The monoisotopic (exact) mass is 379 g/mol. The van der Waals surface area contributed by atoms with Crippen molar-refractivity contribution in [2.24, 2.45) is 4.99 Å². The quantitative estimate of drug-likeness (QED) is 0.348. The molecule has 0 aliphatic heterocycles. The number of benzene rings is 3. The molecule has 0 bridgehead atoms. The first kappa shape index (κ1) is 18.3. The van der Waals surface area contributed by atoms with Crippen LogP contribution in [-0.4, -0.2) is 12.8 Å². The topological polar surface area (TPSA) is 21.6 Å². The summed E-state index contributed by atoms with van der Waals surface area (Å²) >= 11 is 7.65. The van der Waals surface area contributed by atoms with Gasteiger partial charge in [-0.25, -0.2) is 4.99 Å². The average molecular weight is 380 g/mol. The highest BCUT2D eigenvalue weighted by atomic mass is 35.5. The Morgan fingerprint density at radius 1 is 0.962 bits per heavy atom. The van der Waals surface area contributed by atoms with Crippen molar-refractivity contribution in [3.63, 3.8) is 0 Å². The van der Waals surface area contributed by atoms with Gasteiger partial charge in [0.05, 0.1) is 18.5 Å². The van der Waals surface area contributed by atoms with E-state index in [4.69, 9.17) is 21.3 Å². The molecule has 0 aliphatic carbocycles. The van der Waals surface area contributed by atoms with Crippen LogP contribution in [-0.2, 0) is 0 Å². The van der Waals surface area contributed by atoms with E-state index in [0.29, 0.717) is 0 Å². The second kappa shape index (κ2) is 9.27. The van der Waals surface area contributed by atoms with Gasteiger partial charge in [0.2, 0.25) is 0 Å². The molecule has 0 fully saturated rings. The van der Waals surface area contributed by atoms with Crippen molar-refractivity contribution in [3.8, 4) is 5.75 Å². The Kier molecular flexibility index (Phi) is 6.53. The van der Waals surface area contributed by atoms with Crippen molar-refractivity contribution < 1.29 is 4.74 Å². The van der Waals surface area contributed by atoms with Crippen molar-refractivity contribution in [2.75, 3.05) is 7.11 Å². The number of methoxy groups -OCH3 is 1. The lowest BCUT2D eigenvalue weighted by Crippen LogP contribution is -1.97. The lowest BCUT2D eigenvalue weighted by molar-refractivity contribution is 0.414. The highest BCUT2D eigenvalue weighted by Gasteiger charge is 2.03. The summed E-state index contributed by atoms with van der Waals surface area (Å²) in [5, 5.41) is 2.75. The van der Waals surface area contributed by atoms with E-state index in [-0.39, 0.29) is 0 Å². The molecule has 0 atom stereocenters. The summed E-state index contributed by atoms with van der Waals surface area (Å²) in [6, 6.07) is 25.6. The van der Waals surface area contributed by atoms with Gasteiger partial charge in [0, 0.05) is 15.5 Å². The number of thioether (sulfide) groups is 1. The number of ether oxygens (including phenoxy) is 1. The molecular formula is C22H18ClNOS. The van der Waals surface area contributed by atoms with Crippen molar-refractivity contribution in [2.45, 2.75) is 4.90 Å². The lowest BCUT2D eigenvalue weighted by Gasteiger charge is -2.06. The first-order valence-corrected chi connectivity index (χ1v) is 9.37. The number of nitrogens with zero attached hydrogens (tertiary/aromatic N) is 1. The second-order valence-corrected chi connectivity index (χ2v) is 6.86. The Morgan fingerprint density at radius 3 is 2.54 bits per heavy atom. The minimum Gasteiger partial charge on any atom is -0.497 e. The van der Waals surface area contributed by atoms with Crippen LogP contribution >= 0.6 is 23.4 Å². The van der Waals surface area contributed by atoms with Crippen LogP contribution in [0.15, 0.2) is 100 Å². The smallest absolute Gasteiger partial charge is 0.119 e. The fourth-order valence-electron chi connectivity index (χ4n) is 2.34. The number of halogens is 1. The molecular weight excluding hydrogens is 362 g/mol. The van der Waals surface area contributed by atoms with E-state index in [1.165, 1.54) is 0 Å². The summed E-state index contributed by atoms with van der Waals surface area (Å²) in [4.78, 5) is 5.87. The molecule has 2 nitrogen and oxygen atoms in total. The van der Waals surface area contributed by atoms with Gasteiger partial charge in [-0.15, -0.1) is 0 Å². The number of hydrogen-bond donors (Lipinski definition) is 0. The molecule has 0 aromatic heterocycles. The molecule has 0 unspecified atom stereocenters. The van der Waals surface area contributed by atoms with Gasteiger partial charge in [-0.3, -0.25) is 0 Å². The van der Waals surface area contributed by atoms with E-state index in [1.54, 1.807) is 18.9 Å². The molecule has 3 rings (SSSR count). The van der Waals surface area contributed by atoms with Crippen molar-refractivity contribution in [1.29, 1.82) is 0 Å².